The van der Waals surface area contributed by atoms with Crippen LogP contribution in [-0.2, 0) is 9.53 Å². The second-order valence-electron chi connectivity index (χ2n) is 6.02. The molecule has 0 spiro atoms. The average Bonchev–Trinajstić information content (AvgIpc) is 2.25. The Balaban J connectivity index is 2.82. The number of carbonyl (C=O) groups excluding carboxylic acids is 2. The van der Waals surface area contributed by atoms with E-state index in [1.54, 1.807) is 20.8 Å². The van der Waals surface area contributed by atoms with E-state index < -0.39 is 11.7 Å². The summed E-state index contributed by atoms with van der Waals surface area (Å²) >= 11 is 0. The largest absolute Gasteiger partial charge is 0.444 e. The number of benzene rings is 1. The van der Waals surface area contributed by atoms with Gasteiger partial charge < -0.3 is 10.1 Å². The molecule has 1 amide bonds. The highest BCUT2D eigenvalue weighted by molar-refractivity contribution is 5.77. The van der Waals surface area contributed by atoms with Crippen LogP contribution in [0, 0.1) is 6.92 Å². The Morgan fingerprint density at radius 3 is 2.20 bits per heavy atom. The molecule has 0 heterocycles. The molecule has 0 aromatic heterocycles. The standard InChI is InChI=1S/C16H23NO3/c1-11-6-8-13(9-7-11)14(10-12(2)18)17-15(19)20-16(3,4)5/h6-9,14H,10H2,1-5H3,(H,17,19). The lowest BCUT2D eigenvalue weighted by Crippen LogP contribution is -2.35. The first-order valence-electron chi connectivity index (χ1n) is 6.73. The fourth-order valence-corrected chi connectivity index (χ4v) is 1.79. The molecule has 1 aromatic rings. The number of carbonyl (C=O) groups is 2. The highest BCUT2D eigenvalue weighted by Gasteiger charge is 2.21. The predicted molar refractivity (Wildman–Crippen MR) is 78.6 cm³/mol. The number of alkyl carbamates (subject to hydrolysis) is 1. The van der Waals surface area contributed by atoms with Gasteiger partial charge in [0.05, 0.1) is 6.04 Å². The van der Waals surface area contributed by atoms with Gasteiger partial charge in [0, 0.05) is 6.42 Å². The molecule has 0 saturated heterocycles. The molecule has 1 unspecified atom stereocenters. The zero-order valence-electron chi connectivity index (χ0n) is 12.8. The van der Waals surface area contributed by atoms with Crippen LogP contribution in [0.15, 0.2) is 24.3 Å². The van der Waals surface area contributed by atoms with Crippen LogP contribution < -0.4 is 5.32 Å². The Hall–Kier alpha value is -1.84. The molecule has 20 heavy (non-hydrogen) atoms. The van der Waals surface area contributed by atoms with Crippen molar-refractivity contribution in [3.63, 3.8) is 0 Å². The summed E-state index contributed by atoms with van der Waals surface area (Å²) in [5.74, 6) is 0.0200. The third kappa shape index (κ3) is 5.87. The van der Waals surface area contributed by atoms with Crippen molar-refractivity contribution in [1.82, 2.24) is 5.32 Å². The number of rotatable bonds is 4. The highest BCUT2D eigenvalue weighted by Crippen LogP contribution is 2.19. The second kappa shape index (κ2) is 6.55. The molecule has 4 heteroatoms. The van der Waals surface area contributed by atoms with E-state index in [9.17, 15) is 9.59 Å². The lowest BCUT2D eigenvalue weighted by Gasteiger charge is -2.23. The van der Waals surface area contributed by atoms with Crippen LogP contribution in [-0.4, -0.2) is 17.5 Å². The molecule has 1 aromatic carbocycles. The maximum absolute atomic E-state index is 11.8. The van der Waals surface area contributed by atoms with Gasteiger partial charge in [-0.25, -0.2) is 4.79 Å². The SMILES string of the molecule is CC(=O)CC(NC(=O)OC(C)(C)C)c1ccc(C)cc1. The summed E-state index contributed by atoms with van der Waals surface area (Å²) in [4.78, 5) is 23.2. The monoisotopic (exact) mass is 277 g/mol. The lowest BCUT2D eigenvalue weighted by atomic mass is 10.0. The molecule has 0 saturated carbocycles. The number of hydrogen-bond acceptors (Lipinski definition) is 3. The average molecular weight is 277 g/mol. The maximum Gasteiger partial charge on any atom is 0.408 e. The van der Waals surface area contributed by atoms with Crippen LogP contribution in [0.5, 0.6) is 0 Å². The fourth-order valence-electron chi connectivity index (χ4n) is 1.79. The Kier molecular flexibility index (Phi) is 5.31. The van der Waals surface area contributed by atoms with Crippen molar-refractivity contribution in [1.29, 1.82) is 0 Å². The molecular formula is C16H23NO3. The summed E-state index contributed by atoms with van der Waals surface area (Å²) in [5, 5.41) is 2.76. The quantitative estimate of drug-likeness (QED) is 0.915. The molecule has 0 aliphatic carbocycles. The third-order valence-electron chi connectivity index (χ3n) is 2.66. The smallest absolute Gasteiger partial charge is 0.408 e. The number of aryl methyl sites for hydroxylation is 1. The van der Waals surface area contributed by atoms with Gasteiger partial charge in [0.15, 0.2) is 0 Å². The minimum Gasteiger partial charge on any atom is -0.444 e. The summed E-state index contributed by atoms with van der Waals surface area (Å²) < 4.78 is 5.23. The van der Waals surface area contributed by atoms with Crippen molar-refractivity contribution in [2.75, 3.05) is 0 Å². The number of ether oxygens (including phenoxy) is 1. The van der Waals surface area contributed by atoms with Crippen molar-refractivity contribution >= 4 is 11.9 Å². The molecule has 1 atom stereocenters. The summed E-state index contributed by atoms with van der Waals surface area (Å²) in [6.45, 7) is 8.92. The zero-order valence-corrected chi connectivity index (χ0v) is 12.8. The molecule has 0 radical (unpaired) electrons. The molecule has 1 rings (SSSR count). The summed E-state index contributed by atoms with van der Waals surface area (Å²) in [6, 6.07) is 7.39. The van der Waals surface area contributed by atoms with E-state index in [2.05, 4.69) is 5.32 Å². The molecule has 0 aliphatic heterocycles. The Labute approximate surface area is 120 Å². The molecule has 110 valence electrons. The van der Waals surface area contributed by atoms with E-state index in [4.69, 9.17) is 4.74 Å². The van der Waals surface area contributed by atoms with E-state index in [0.717, 1.165) is 11.1 Å². The van der Waals surface area contributed by atoms with Gasteiger partial charge in [-0.15, -0.1) is 0 Å². The van der Waals surface area contributed by atoms with Crippen molar-refractivity contribution in [2.45, 2.75) is 52.7 Å². The summed E-state index contributed by atoms with van der Waals surface area (Å²) in [5.41, 5.74) is 1.47. The lowest BCUT2D eigenvalue weighted by molar-refractivity contribution is -0.117. The first-order chi connectivity index (χ1) is 9.17. The highest BCUT2D eigenvalue weighted by atomic mass is 16.6. The van der Waals surface area contributed by atoms with Crippen molar-refractivity contribution in [2.24, 2.45) is 0 Å². The number of ketones is 1. The van der Waals surface area contributed by atoms with E-state index in [-0.39, 0.29) is 18.2 Å². The summed E-state index contributed by atoms with van der Waals surface area (Å²) in [6.07, 6.45) is -0.258. The fraction of sp³-hybridized carbons (Fsp3) is 0.500. The van der Waals surface area contributed by atoms with Gasteiger partial charge in [0.1, 0.15) is 11.4 Å². The van der Waals surface area contributed by atoms with Crippen LogP contribution in [0.25, 0.3) is 0 Å². The van der Waals surface area contributed by atoms with E-state index in [1.165, 1.54) is 6.92 Å². The normalized spacial score (nSPS) is 12.7. The first-order valence-corrected chi connectivity index (χ1v) is 6.73. The Morgan fingerprint density at radius 2 is 1.75 bits per heavy atom. The van der Waals surface area contributed by atoms with Crippen LogP contribution in [0.1, 0.15) is 51.3 Å². The molecular weight excluding hydrogens is 254 g/mol. The van der Waals surface area contributed by atoms with Gasteiger partial charge in [0.25, 0.3) is 0 Å². The molecule has 0 aliphatic rings. The van der Waals surface area contributed by atoms with Gasteiger partial charge >= 0.3 is 6.09 Å². The van der Waals surface area contributed by atoms with Crippen LogP contribution in [0.2, 0.25) is 0 Å². The molecule has 1 N–H and O–H groups in total. The van der Waals surface area contributed by atoms with E-state index in [0.29, 0.717) is 0 Å². The number of Topliss-reactive ketones (excluding diaryl/α,β-unsaturated/α-hetero) is 1. The summed E-state index contributed by atoms with van der Waals surface area (Å²) in [7, 11) is 0. The van der Waals surface area contributed by atoms with Crippen molar-refractivity contribution in [3.05, 3.63) is 35.4 Å². The number of hydrogen-bond donors (Lipinski definition) is 1. The number of amides is 1. The van der Waals surface area contributed by atoms with Crippen LogP contribution >= 0.6 is 0 Å². The zero-order chi connectivity index (χ0) is 15.3. The first kappa shape index (κ1) is 16.2. The molecule has 0 fully saturated rings. The van der Waals surface area contributed by atoms with Crippen molar-refractivity contribution < 1.29 is 14.3 Å². The Morgan fingerprint density at radius 1 is 1.20 bits per heavy atom. The molecule has 0 bridgehead atoms. The minimum atomic E-state index is -0.557. The van der Waals surface area contributed by atoms with Gasteiger partial charge in [-0.2, -0.15) is 0 Å². The van der Waals surface area contributed by atoms with Crippen LogP contribution in [0.4, 0.5) is 4.79 Å². The molecule has 4 nitrogen and oxygen atoms in total. The van der Waals surface area contributed by atoms with Gasteiger partial charge in [-0.3, -0.25) is 4.79 Å². The second-order valence-corrected chi connectivity index (χ2v) is 6.02. The van der Waals surface area contributed by atoms with Gasteiger partial charge in [-0.05, 0) is 40.2 Å². The van der Waals surface area contributed by atoms with Crippen molar-refractivity contribution in [3.8, 4) is 0 Å². The van der Waals surface area contributed by atoms with Gasteiger partial charge in [0.2, 0.25) is 0 Å². The maximum atomic E-state index is 11.8. The minimum absolute atomic E-state index is 0.0200. The Bertz CT molecular complexity index is 471. The third-order valence-corrected chi connectivity index (χ3v) is 2.66. The predicted octanol–water partition coefficient (Wildman–Crippen LogP) is 3.54. The van der Waals surface area contributed by atoms with Gasteiger partial charge in [-0.1, -0.05) is 29.8 Å². The van der Waals surface area contributed by atoms with Crippen LogP contribution in [0.3, 0.4) is 0 Å². The van der Waals surface area contributed by atoms with E-state index >= 15 is 0 Å². The number of nitrogens with one attached hydrogen (secondary N) is 1. The van der Waals surface area contributed by atoms with E-state index in [1.807, 2.05) is 31.2 Å². The topological polar surface area (TPSA) is 55.4 Å².